The summed E-state index contributed by atoms with van der Waals surface area (Å²) in [7, 11) is 0. The van der Waals surface area contributed by atoms with Gasteiger partial charge in [-0.25, -0.2) is 9.98 Å². The summed E-state index contributed by atoms with van der Waals surface area (Å²) < 4.78 is 0. The predicted octanol–water partition coefficient (Wildman–Crippen LogP) is 3.09. The van der Waals surface area contributed by atoms with Crippen LogP contribution in [-0.4, -0.2) is 49.3 Å². The number of aromatic nitrogens is 1. The smallest absolute Gasteiger partial charge is 0.152 e. The average Bonchev–Trinajstić information content (AvgIpc) is 2.98. The Morgan fingerprint density at radius 2 is 1.93 bits per heavy atom. The number of fused-ring (bicyclic) bond motifs is 2. The van der Waals surface area contributed by atoms with Crippen LogP contribution in [0, 0.1) is 0 Å². The van der Waals surface area contributed by atoms with Gasteiger partial charge in [-0.1, -0.05) is 29.8 Å². The van der Waals surface area contributed by atoms with E-state index in [1.54, 1.807) is 0 Å². The van der Waals surface area contributed by atoms with Gasteiger partial charge in [0.05, 0.1) is 17.9 Å². The largest absolute Gasteiger partial charge is 0.354 e. The summed E-state index contributed by atoms with van der Waals surface area (Å²) >= 11 is 6.53. The molecule has 6 nitrogen and oxygen atoms in total. The standard InChI is InChI=1S/C21H21ClN6/c1-13-11-25-21-19(13)27-20(14-4-2-3-5-16(14)22)15-12-24-18(10-17(15)26-21)28-8-6-23-7-9-28/h2-5,10,12,23H,6-9,11H2,1H3,(H,25,26). The van der Waals surface area contributed by atoms with Crippen molar-refractivity contribution in [1.82, 2.24) is 10.3 Å². The van der Waals surface area contributed by atoms with Crippen molar-refractivity contribution in [2.45, 2.75) is 6.92 Å². The Morgan fingerprint density at radius 3 is 2.75 bits per heavy atom. The number of rotatable bonds is 2. The molecule has 3 aliphatic heterocycles. The van der Waals surface area contributed by atoms with Crippen molar-refractivity contribution in [2.75, 3.05) is 42.9 Å². The molecule has 28 heavy (non-hydrogen) atoms. The first-order chi connectivity index (χ1) is 13.7. The van der Waals surface area contributed by atoms with Gasteiger partial charge in [-0.15, -0.1) is 0 Å². The Morgan fingerprint density at radius 1 is 1.11 bits per heavy atom. The lowest BCUT2D eigenvalue weighted by Gasteiger charge is -2.29. The zero-order valence-electron chi connectivity index (χ0n) is 15.7. The summed E-state index contributed by atoms with van der Waals surface area (Å²) in [5.74, 6) is 1.78. The van der Waals surface area contributed by atoms with Gasteiger partial charge in [-0.2, -0.15) is 0 Å². The van der Waals surface area contributed by atoms with Crippen LogP contribution in [0.2, 0.25) is 5.02 Å². The van der Waals surface area contributed by atoms with Gasteiger partial charge in [0.1, 0.15) is 11.5 Å². The van der Waals surface area contributed by atoms with Gasteiger partial charge in [-0.3, -0.25) is 4.99 Å². The molecule has 0 unspecified atom stereocenters. The number of nitrogens with zero attached hydrogens (tertiary/aromatic N) is 4. The van der Waals surface area contributed by atoms with Gasteiger partial charge < -0.3 is 15.5 Å². The highest BCUT2D eigenvalue weighted by Gasteiger charge is 2.26. The second kappa shape index (κ2) is 7.04. The normalized spacial score (nSPS) is 18.7. The molecule has 3 aliphatic rings. The fourth-order valence-electron chi connectivity index (χ4n) is 3.76. The summed E-state index contributed by atoms with van der Waals surface area (Å²) in [6.45, 7) is 6.57. The van der Waals surface area contributed by atoms with Crippen LogP contribution >= 0.6 is 11.6 Å². The van der Waals surface area contributed by atoms with Crippen LogP contribution in [0.4, 0.5) is 11.5 Å². The van der Waals surface area contributed by atoms with Crippen LogP contribution in [0.5, 0.6) is 0 Å². The second-order valence-corrected chi connectivity index (χ2v) is 7.59. The molecular weight excluding hydrogens is 372 g/mol. The molecule has 142 valence electrons. The Hall–Kier alpha value is -2.70. The molecule has 0 saturated carbocycles. The zero-order chi connectivity index (χ0) is 19.1. The number of nitrogens with one attached hydrogen (secondary N) is 2. The monoisotopic (exact) mass is 392 g/mol. The van der Waals surface area contributed by atoms with E-state index in [1.165, 1.54) is 0 Å². The predicted molar refractivity (Wildman–Crippen MR) is 115 cm³/mol. The molecule has 2 aromatic rings. The molecule has 1 aromatic carbocycles. The third-order valence-electron chi connectivity index (χ3n) is 5.29. The van der Waals surface area contributed by atoms with Crippen molar-refractivity contribution in [3.63, 3.8) is 0 Å². The van der Waals surface area contributed by atoms with Gasteiger partial charge in [0.25, 0.3) is 0 Å². The van der Waals surface area contributed by atoms with Gasteiger partial charge in [0.15, 0.2) is 5.84 Å². The van der Waals surface area contributed by atoms with Crippen LogP contribution < -0.4 is 15.5 Å². The number of aliphatic imine (C=N–C) groups is 2. The highest BCUT2D eigenvalue weighted by Crippen LogP contribution is 2.32. The summed E-state index contributed by atoms with van der Waals surface area (Å²) in [6.07, 6.45) is 1.90. The molecule has 1 saturated heterocycles. The van der Waals surface area contributed by atoms with Crippen LogP contribution in [0.1, 0.15) is 18.1 Å². The number of halogens is 1. The Kier molecular flexibility index (Phi) is 4.37. The lowest BCUT2D eigenvalue weighted by molar-refractivity contribution is 0.585. The summed E-state index contributed by atoms with van der Waals surface area (Å²) in [5.41, 5.74) is 5.67. The van der Waals surface area contributed by atoms with Crippen LogP contribution in [0.15, 0.2) is 57.8 Å². The Bertz CT molecular complexity index is 1030. The van der Waals surface area contributed by atoms with Gasteiger partial charge in [0.2, 0.25) is 0 Å². The van der Waals surface area contributed by atoms with E-state index >= 15 is 0 Å². The molecular formula is C21H21ClN6. The number of hydrogen-bond donors (Lipinski definition) is 2. The third kappa shape index (κ3) is 2.99. The highest BCUT2D eigenvalue weighted by molar-refractivity contribution is 6.36. The van der Waals surface area contributed by atoms with E-state index in [9.17, 15) is 0 Å². The molecule has 0 radical (unpaired) electrons. The first kappa shape index (κ1) is 17.4. The van der Waals surface area contributed by atoms with E-state index < -0.39 is 0 Å². The topological polar surface area (TPSA) is 64.9 Å². The Labute approximate surface area is 169 Å². The molecule has 5 rings (SSSR count). The van der Waals surface area contributed by atoms with E-state index in [4.69, 9.17) is 21.6 Å². The number of anilines is 2. The van der Waals surface area contributed by atoms with Crippen LogP contribution in [-0.2, 0) is 0 Å². The maximum absolute atomic E-state index is 6.53. The van der Waals surface area contributed by atoms with Gasteiger partial charge in [-0.05, 0) is 18.6 Å². The SMILES string of the molecule is CC1=C2N=C(c3ccccc3Cl)c3cnc(N4CCNCC4)cc3NC2=NC1. The maximum atomic E-state index is 6.53. The first-order valence-electron chi connectivity index (χ1n) is 9.52. The lowest BCUT2D eigenvalue weighted by Crippen LogP contribution is -2.43. The summed E-state index contributed by atoms with van der Waals surface area (Å²) in [4.78, 5) is 16.7. The molecule has 0 bridgehead atoms. The third-order valence-corrected chi connectivity index (χ3v) is 5.62. The minimum atomic E-state index is 0.669. The van der Waals surface area contributed by atoms with Crippen molar-refractivity contribution in [3.8, 4) is 0 Å². The van der Waals surface area contributed by atoms with E-state index in [0.717, 1.165) is 71.6 Å². The zero-order valence-corrected chi connectivity index (χ0v) is 16.4. The van der Waals surface area contributed by atoms with E-state index in [2.05, 4.69) is 33.5 Å². The summed E-state index contributed by atoms with van der Waals surface area (Å²) in [6, 6.07) is 9.91. The minimum absolute atomic E-state index is 0.669. The Balaban J connectivity index is 1.66. The second-order valence-electron chi connectivity index (χ2n) is 7.18. The summed E-state index contributed by atoms with van der Waals surface area (Å²) in [5, 5.41) is 7.56. The fourth-order valence-corrected chi connectivity index (χ4v) is 3.98. The molecule has 7 heteroatoms. The first-order valence-corrected chi connectivity index (χ1v) is 9.90. The molecule has 1 fully saturated rings. The van der Waals surface area contributed by atoms with Crippen LogP contribution in [0.25, 0.3) is 0 Å². The number of amidine groups is 1. The molecule has 2 N–H and O–H groups in total. The molecule has 0 spiro atoms. The number of benzene rings is 1. The van der Waals surface area contributed by atoms with Crippen molar-refractivity contribution < 1.29 is 0 Å². The molecule has 0 atom stereocenters. The minimum Gasteiger partial charge on any atom is -0.354 e. The fraction of sp³-hybridized carbons (Fsp3) is 0.286. The molecule has 0 amide bonds. The molecule has 0 aliphatic carbocycles. The average molecular weight is 393 g/mol. The van der Waals surface area contributed by atoms with Crippen molar-refractivity contribution in [1.29, 1.82) is 0 Å². The van der Waals surface area contributed by atoms with Crippen LogP contribution in [0.3, 0.4) is 0 Å². The lowest BCUT2D eigenvalue weighted by atomic mass is 10.0. The number of piperazine rings is 1. The van der Waals surface area contributed by atoms with Gasteiger partial charge >= 0.3 is 0 Å². The van der Waals surface area contributed by atoms with Gasteiger partial charge in [0, 0.05) is 54.6 Å². The number of pyridine rings is 1. The quantitative estimate of drug-likeness (QED) is 0.824. The van der Waals surface area contributed by atoms with Crippen molar-refractivity contribution in [2.24, 2.45) is 9.98 Å². The molecule has 4 heterocycles. The van der Waals surface area contributed by atoms with E-state index in [-0.39, 0.29) is 0 Å². The van der Waals surface area contributed by atoms with Crippen molar-refractivity contribution >= 4 is 34.7 Å². The molecule has 1 aromatic heterocycles. The van der Waals surface area contributed by atoms with Crippen molar-refractivity contribution in [3.05, 3.63) is 63.9 Å². The maximum Gasteiger partial charge on any atom is 0.152 e. The van der Waals surface area contributed by atoms with E-state index in [1.807, 2.05) is 30.5 Å². The number of hydrogen-bond acceptors (Lipinski definition) is 6. The van der Waals surface area contributed by atoms with E-state index in [0.29, 0.717) is 11.6 Å². The highest BCUT2D eigenvalue weighted by atomic mass is 35.5.